The third-order valence-electron chi connectivity index (χ3n) is 3.26. The van der Waals surface area contributed by atoms with Crippen molar-refractivity contribution in [1.82, 2.24) is 10.2 Å². The molecule has 0 saturated carbocycles. The molecule has 0 radical (unpaired) electrons. The molecule has 6 heteroatoms. The maximum atomic E-state index is 13.1. The number of nitrogens with two attached hydrogens (primary N) is 1. The first-order valence-electron chi connectivity index (χ1n) is 7.58. The van der Waals surface area contributed by atoms with Crippen LogP contribution < -0.4 is 11.1 Å². The number of carbonyl (C=O) groups is 2. The molecule has 0 saturated heterocycles. The summed E-state index contributed by atoms with van der Waals surface area (Å²) in [6, 6.07) is 5.91. The molecule has 0 unspecified atom stereocenters. The van der Waals surface area contributed by atoms with Crippen molar-refractivity contribution in [1.29, 1.82) is 0 Å². The van der Waals surface area contributed by atoms with Crippen LogP contribution in [0.5, 0.6) is 0 Å². The summed E-state index contributed by atoms with van der Waals surface area (Å²) in [6.45, 7) is 6.33. The molecule has 3 N–H and O–H groups in total. The third kappa shape index (κ3) is 7.74. The van der Waals surface area contributed by atoms with E-state index in [1.165, 1.54) is 12.1 Å². The van der Waals surface area contributed by atoms with Crippen LogP contribution in [0.15, 0.2) is 24.3 Å². The van der Waals surface area contributed by atoms with Gasteiger partial charge in [0.15, 0.2) is 0 Å². The molecular weight excluding hydrogens is 297 g/mol. The summed E-state index contributed by atoms with van der Waals surface area (Å²) < 4.78 is 13.1. The number of likely N-dealkylation sites (N-methyl/N-ethyl adjacent to an activating group) is 1. The van der Waals surface area contributed by atoms with E-state index in [1.807, 2.05) is 0 Å². The van der Waals surface area contributed by atoms with Gasteiger partial charge in [0, 0.05) is 0 Å². The molecular formula is C17H26FN3O2. The minimum atomic E-state index is -0.481. The lowest BCUT2D eigenvalue weighted by molar-refractivity contribution is -0.124. The van der Waals surface area contributed by atoms with Crippen LogP contribution in [0, 0.1) is 11.2 Å². The quantitative estimate of drug-likeness (QED) is 0.804. The molecule has 128 valence electrons. The summed E-state index contributed by atoms with van der Waals surface area (Å²) in [5.74, 6) is -0.992. The van der Waals surface area contributed by atoms with Crippen molar-refractivity contribution in [2.75, 3.05) is 20.1 Å². The first kappa shape index (κ1) is 19.1. The lowest BCUT2D eigenvalue weighted by Gasteiger charge is -2.28. The van der Waals surface area contributed by atoms with E-state index >= 15 is 0 Å². The molecule has 0 aromatic heterocycles. The Morgan fingerprint density at radius 1 is 1.22 bits per heavy atom. The molecule has 0 heterocycles. The predicted octanol–water partition coefficient (Wildman–Crippen LogP) is 1.84. The lowest BCUT2D eigenvalue weighted by atomic mass is 9.85. The highest BCUT2D eigenvalue weighted by Gasteiger charge is 2.22. The monoisotopic (exact) mass is 323 g/mol. The molecule has 23 heavy (non-hydrogen) atoms. The topological polar surface area (TPSA) is 75.4 Å². The summed E-state index contributed by atoms with van der Waals surface area (Å²) >= 11 is 0. The van der Waals surface area contributed by atoms with Crippen molar-refractivity contribution in [2.24, 2.45) is 11.1 Å². The van der Waals surface area contributed by atoms with Gasteiger partial charge in [0.1, 0.15) is 5.82 Å². The van der Waals surface area contributed by atoms with Gasteiger partial charge < -0.3 is 11.1 Å². The molecule has 1 aromatic carbocycles. The van der Waals surface area contributed by atoms with Gasteiger partial charge in [-0.25, -0.2) is 4.39 Å². The zero-order valence-electron chi connectivity index (χ0n) is 14.2. The molecule has 0 spiro atoms. The van der Waals surface area contributed by atoms with Crippen LogP contribution in [-0.2, 0) is 9.59 Å². The number of nitrogens with one attached hydrogen (secondary N) is 1. The van der Waals surface area contributed by atoms with Gasteiger partial charge in [-0.3, -0.25) is 14.5 Å². The Morgan fingerprint density at radius 2 is 1.78 bits per heavy atom. The Labute approximate surface area is 137 Å². The third-order valence-corrected chi connectivity index (χ3v) is 3.26. The Kier molecular flexibility index (Phi) is 6.69. The highest BCUT2D eigenvalue weighted by Crippen LogP contribution is 2.29. The number of amides is 2. The van der Waals surface area contributed by atoms with Crippen molar-refractivity contribution in [3.63, 3.8) is 0 Å². The lowest BCUT2D eigenvalue weighted by Crippen LogP contribution is -2.41. The fourth-order valence-corrected chi connectivity index (χ4v) is 2.37. The van der Waals surface area contributed by atoms with E-state index in [2.05, 4.69) is 26.1 Å². The predicted molar refractivity (Wildman–Crippen MR) is 88.0 cm³/mol. The van der Waals surface area contributed by atoms with Gasteiger partial charge in [0.05, 0.1) is 19.1 Å². The Hall–Kier alpha value is -1.95. The summed E-state index contributed by atoms with van der Waals surface area (Å²) in [5, 5.41) is 2.96. The van der Waals surface area contributed by atoms with Crippen LogP contribution in [0.1, 0.15) is 38.8 Å². The van der Waals surface area contributed by atoms with E-state index in [0.717, 1.165) is 5.56 Å². The molecule has 1 atom stereocenters. The van der Waals surface area contributed by atoms with Gasteiger partial charge in [0.25, 0.3) is 0 Å². The number of halogens is 1. The van der Waals surface area contributed by atoms with Crippen LogP contribution in [0.4, 0.5) is 4.39 Å². The van der Waals surface area contributed by atoms with E-state index in [1.54, 1.807) is 24.1 Å². The second-order valence-corrected chi connectivity index (χ2v) is 7.08. The maximum absolute atomic E-state index is 13.1. The van der Waals surface area contributed by atoms with E-state index in [0.29, 0.717) is 6.42 Å². The number of carbonyl (C=O) groups excluding carboxylic acids is 2. The Morgan fingerprint density at radius 3 is 2.26 bits per heavy atom. The van der Waals surface area contributed by atoms with Crippen molar-refractivity contribution < 1.29 is 14.0 Å². The number of primary amides is 1. The van der Waals surface area contributed by atoms with E-state index in [9.17, 15) is 14.0 Å². The average molecular weight is 323 g/mol. The van der Waals surface area contributed by atoms with Gasteiger partial charge in [0.2, 0.25) is 11.8 Å². The second kappa shape index (κ2) is 8.06. The van der Waals surface area contributed by atoms with E-state index < -0.39 is 5.91 Å². The number of benzene rings is 1. The Bertz CT molecular complexity index is 538. The molecule has 2 amide bonds. The molecule has 0 aliphatic heterocycles. The molecule has 0 aliphatic carbocycles. The smallest absolute Gasteiger partial charge is 0.234 e. The summed E-state index contributed by atoms with van der Waals surface area (Å²) in [6.07, 6.45) is 0.712. The number of hydrogen-bond acceptors (Lipinski definition) is 3. The molecule has 1 rings (SSSR count). The van der Waals surface area contributed by atoms with Crippen molar-refractivity contribution in [3.8, 4) is 0 Å². The summed E-state index contributed by atoms with van der Waals surface area (Å²) in [7, 11) is 1.65. The fourth-order valence-electron chi connectivity index (χ4n) is 2.37. The largest absolute Gasteiger partial charge is 0.369 e. The first-order valence-corrected chi connectivity index (χ1v) is 7.58. The highest BCUT2D eigenvalue weighted by molar-refractivity contribution is 5.80. The zero-order chi connectivity index (χ0) is 17.6. The average Bonchev–Trinajstić information content (AvgIpc) is 2.35. The molecule has 0 aliphatic rings. The molecule has 0 bridgehead atoms. The summed E-state index contributed by atoms with van der Waals surface area (Å²) in [4.78, 5) is 24.6. The van der Waals surface area contributed by atoms with Gasteiger partial charge in [-0.2, -0.15) is 0 Å². The van der Waals surface area contributed by atoms with Crippen molar-refractivity contribution in [3.05, 3.63) is 35.6 Å². The van der Waals surface area contributed by atoms with Crippen LogP contribution in [0.2, 0.25) is 0 Å². The highest BCUT2D eigenvalue weighted by atomic mass is 19.1. The normalized spacial score (nSPS) is 13.0. The number of hydrogen-bond donors (Lipinski definition) is 2. The standard InChI is InChI=1S/C17H26FN3O2/c1-17(2,3)9-14(12-5-7-13(18)8-6-12)20-16(23)11-21(4)10-15(19)22/h5-8,14H,9-11H2,1-4H3,(H2,19,22)(H,20,23)/t14-/m0/s1. The van der Waals surface area contributed by atoms with Crippen molar-refractivity contribution in [2.45, 2.75) is 33.2 Å². The minimum Gasteiger partial charge on any atom is -0.369 e. The molecule has 1 aromatic rings. The van der Waals surface area contributed by atoms with Gasteiger partial charge >= 0.3 is 0 Å². The summed E-state index contributed by atoms with van der Waals surface area (Å²) in [5.41, 5.74) is 5.96. The van der Waals surface area contributed by atoms with Crippen molar-refractivity contribution >= 4 is 11.8 Å². The molecule has 5 nitrogen and oxygen atoms in total. The SMILES string of the molecule is CN(CC(N)=O)CC(=O)N[C@@H](CC(C)(C)C)c1ccc(F)cc1. The maximum Gasteiger partial charge on any atom is 0.234 e. The van der Waals surface area contributed by atoms with Gasteiger partial charge in [-0.05, 0) is 36.6 Å². The zero-order valence-corrected chi connectivity index (χ0v) is 14.2. The van der Waals surface area contributed by atoms with Crippen LogP contribution in [0.3, 0.4) is 0 Å². The van der Waals surface area contributed by atoms with E-state index in [4.69, 9.17) is 5.73 Å². The number of nitrogens with zero attached hydrogens (tertiary/aromatic N) is 1. The van der Waals surface area contributed by atoms with Crippen LogP contribution in [-0.4, -0.2) is 36.9 Å². The molecule has 0 fully saturated rings. The van der Waals surface area contributed by atoms with Crippen LogP contribution in [0.25, 0.3) is 0 Å². The number of rotatable bonds is 7. The fraction of sp³-hybridized carbons (Fsp3) is 0.529. The minimum absolute atomic E-state index is 0.00847. The second-order valence-electron chi connectivity index (χ2n) is 7.08. The van der Waals surface area contributed by atoms with Gasteiger partial charge in [-0.1, -0.05) is 32.9 Å². The van der Waals surface area contributed by atoms with Crippen LogP contribution >= 0.6 is 0 Å². The first-order chi connectivity index (χ1) is 10.6. The van der Waals surface area contributed by atoms with Gasteiger partial charge in [-0.15, -0.1) is 0 Å². The van der Waals surface area contributed by atoms with E-state index in [-0.39, 0.29) is 36.3 Å². The Balaban J connectivity index is 2.78.